The largest absolute Gasteiger partial charge is 0.493 e. The van der Waals surface area contributed by atoms with Crippen LogP contribution < -0.4 is 0 Å². The molecule has 1 aromatic carbocycles. The lowest BCUT2D eigenvalue weighted by Gasteiger charge is -2.01. The summed E-state index contributed by atoms with van der Waals surface area (Å²) in [5.41, 5.74) is 2.46. The van der Waals surface area contributed by atoms with Crippen LogP contribution >= 0.6 is 0 Å². The van der Waals surface area contributed by atoms with Crippen molar-refractivity contribution in [2.24, 2.45) is 7.05 Å². The molecule has 0 fully saturated rings. The molecule has 0 radical (unpaired) electrons. The summed E-state index contributed by atoms with van der Waals surface area (Å²) in [4.78, 5) is 12.2. The van der Waals surface area contributed by atoms with Gasteiger partial charge in [-0.15, -0.1) is 0 Å². The molecule has 0 atom stereocenters. The van der Waals surface area contributed by atoms with Crippen molar-refractivity contribution in [1.29, 1.82) is 0 Å². The van der Waals surface area contributed by atoms with Gasteiger partial charge in [0.15, 0.2) is 5.78 Å². The Bertz CT molecular complexity index is 568. The lowest BCUT2D eigenvalue weighted by Crippen LogP contribution is -2.02. The topological polar surface area (TPSA) is 55.1 Å². The van der Waals surface area contributed by atoms with E-state index >= 15 is 0 Å². The van der Waals surface area contributed by atoms with Gasteiger partial charge in [0, 0.05) is 12.6 Å². The molecule has 1 aromatic heterocycles. The smallest absolute Gasteiger partial charge is 0.220 e. The number of ketones is 1. The molecule has 2 aromatic rings. The molecule has 0 aliphatic heterocycles. The van der Waals surface area contributed by atoms with Gasteiger partial charge in [0.2, 0.25) is 5.88 Å². The lowest BCUT2D eigenvalue weighted by molar-refractivity contribution is 0.103. The van der Waals surface area contributed by atoms with E-state index in [1.807, 2.05) is 19.1 Å². The normalized spacial score (nSPS) is 10.5. The van der Waals surface area contributed by atoms with Crippen LogP contribution in [0.4, 0.5) is 0 Å². The molecule has 88 valence electrons. The van der Waals surface area contributed by atoms with E-state index < -0.39 is 0 Å². The van der Waals surface area contributed by atoms with E-state index in [9.17, 15) is 9.90 Å². The van der Waals surface area contributed by atoms with E-state index in [1.165, 1.54) is 4.68 Å². The van der Waals surface area contributed by atoms with E-state index in [0.29, 0.717) is 11.3 Å². The molecule has 0 unspecified atom stereocenters. The third kappa shape index (κ3) is 1.93. The van der Waals surface area contributed by atoms with Crippen LogP contribution in [0.15, 0.2) is 24.3 Å². The summed E-state index contributed by atoms with van der Waals surface area (Å²) in [6.07, 6.45) is 0. The maximum Gasteiger partial charge on any atom is 0.220 e. The van der Waals surface area contributed by atoms with Gasteiger partial charge in [-0.05, 0) is 13.8 Å². The van der Waals surface area contributed by atoms with Crippen molar-refractivity contribution in [3.8, 4) is 5.88 Å². The fraction of sp³-hybridized carbons (Fsp3) is 0.231. The van der Waals surface area contributed by atoms with E-state index in [-0.39, 0.29) is 17.2 Å². The molecule has 0 bridgehead atoms. The van der Waals surface area contributed by atoms with Gasteiger partial charge in [-0.3, -0.25) is 4.79 Å². The van der Waals surface area contributed by atoms with E-state index in [0.717, 1.165) is 5.56 Å². The van der Waals surface area contributed by atoms with Gasteiger partial charge in [-0.2, -0.15) is 5.10 Å². The highest BCUT2D eigenvalue weighted by Crippen LogP contribution is 2.23. The van der Waals surface area contributed by atoms with Gasteiger partial charge < -0.3 is 5.11 Å². The maximum absolute atomic E-state index is 12.2. The Labute approximate surface area is 99.5 Å². The zero-order valence-corrected chi connectivity index (χ0v) is 10.1. The Morgan fingerprint density at radius 1 is 1.24 bits per heavy atom. The molecule has 2 rings (SSSR count). The zero-order chi connectivity index (χ0) is 12.6. The van der Waals surface area contributed by atoms with Crippen molar-refractivity contribution in [3.63, 3.8) is 0 Å². The molecule has 17 heavy (non-hydrogen) atoms. The van der Waals surface area contributed by atoms with Crippen molar-refractivity contribution < 1.29 is 9.90 Å². The molecule has 1 N–H and O–H groups in total. The number of aryl methyl sites for hydroxylation is 3. The van der Waals surface area contributed by atoms with Crippen molar-refractivity contribution >= 4 is 5.78 Å². The van der Waals surface area contributed by atoms with E-state index in [4.69, 9.17) is 0 Å². The molecule has 0 spiro atoms. The van der Waals surface area contributed by atoms with Crippen LogP contribution in [0.25, 0.3) is 0 Å². The molecule has 0 saturated carbocycles. The van der Waals surface area contributed by atoms with Crippen LogP contribution in [0.1, 0.15) is 27.2 Å². The first-order valence-corrected chi connectivity index (χ1v) is 5.34. The van der Waals surface area contributed by atoms with Crippen molar-refractivity contribution in [2.75, 3.05) is 0 Å². The highest BCUT2D eigenvalue weighted by molar-refractivity contribution is 6.11. The van der Waals surface area contributed by atoms with Crippen molar-refractivity contribution in [3.05, 3.63) is 46.6 Å². The molecular formula is C13H14N2O2. The molecule has 0 saturated heterocycles. The summed E-state index contributed by atoms with van der Waals surface area (Å²) in [6.45, 7) is 3.67. The van der Waals surface area contributed by atoms with Crippen LogP contribution in [0, 0.1) is 13.8 Å². The van der Waals surface area contributed by atoms with Crippen LogP contribution in [0.2, 0.25) is 0 Å². The fourth-order valence-electron chi connectivity index (χ4n) is 1.76. The number of carbonyl (C=O) groups is 1. The monoisotopic (exact) mass is 230 g/mol. The number of aromatic hydroxyl groups is 1. The number of hydrogen-bond acceptors (Lipinski definition) is 3. The Hall–Kier alpha value is -2.10. The number of carbonyl (C=O) groups excluding carboxylic acids is 1. The SMILES string of the molecule is Cc1ccc(C(=O)c2c(C)nn(C)c2O)cc1. The third-order valence-electron chi connectivity index (χ3n) is 2.73. The van der Waals surface area contributed by atoms with E-state index in [1.54, 1.807) is 26.1 Å². The maximum atomic E-state index is 12.2. The Kier molecular flexibility index (Phi) is 2.71. The molecular weight excluding hydrogens is 216 g/mol. The minimum Gasteiger partial charge on any atom is -0.493 e. The average Bonchev–Trinajstić information content (AvgIpc) is 2.53. The second-order valence-corrected chi connectivity index (χ2v) is 4.10. The van der Waals surface area contributed by atoms with Gasteiger partial charge in [0.25, 0.3) is 0 Å². The van der Waals surface area contributed by atoms with Crippen molar-refractivity contribution in [1.82, 2.24) is 9.78 Å². The molecule has 0 amide bonds. The standard InChI is InChI=1S/C13H14N2O2/c1-8-4-6-10(7-5-8)12(16)11-9(2)14-15(3)13(11)17/h4-7,17H,1-3H3. The quantitative estimate of drug-likeness (QED) is 0.802. The molecule has 1 heterocycles. The van der Waals surface area contributed by atoms with Gasteiger partial charge in [0.1, 0.15) is 5.56 Å². The summed E-state index contributed by atoms with van der Waals surface area (Å²) < 4.78 is 1.30. The van der Waals surface area contributed by atoms with Gasteiger partial charge in [-0.1, -0.05) is 29.8 Å². The molecule has 0 aliphatic carbocycles. The van der Waals surface area contributed by atoms with Crippen LogP contribution in [-0.2, 0) is 7.05 Å². The zero-order valence-electron chi connectivity index (χ0n) is 10.1. The second-order valence-electron chi connectivity index (χ2n) is 4.10. The number of benzene rings is 1. The first-order chi connectivity index (χ1) is 8.00. The van der Waals surface area contributed by atoms with Gasteiger partial charge in [0.05, 0.1) is 5.69 Å². The summed E-state index contributed by atoms with van der Waals surface area (Å²) in [6, 6.07) is 7.25. The highest BCUT2D eigenvalue weighted by Gasteiger charge is 2.20. The Morgan fingerprint density at radius 2 is 1.82 bits per heavy atom. The second kappa shape index (κ2) is 4.05. The van der Waals surface area contributed by atoms with Gasteiger partial charge in [-0.25, -0.2) is 4.68 Å². The number of hydrogen-bond donors (Lipinski definition) is 1. The average molecular weight is 230 g/mol. The molecule has 0 aliphatic rings. The number of aromatic nitrogens is 2. The Morgan fingerprint density at radius 3 is 2.29 bits per heavy atom. The predicted octanol–water partition coefficient (Wildman–Crippen LogP) is 1.97. The van der Waals surface area contributed by atoms with Gasteiger partial charge >= 0.3 is 0 Å². The van der Waals surface area contributed by atoms with Crippen LogP contribution in [-0.4, -0.2) is 20.7 Å². The minimum absolute atomic E-state index is 0.0897. The molecule has 4 nitrogen and oxygen atoms in total. The van der Waals surface area contributed by atoms with Crippen LogP contribution in [0.5, 0.6) is 5.88 Å². The lowest BCUT2D eigenvalue weighted by atomic mass is 10.0. The highest BCUT2D eigenvalue weighted by atomic mass is 16.3. The number of nitrogens with zero attached hydrogens (tertiary/aromatic N) is 2. The van der Waals surface area contributed by atoms with Crippen LogP contribution in [0.3, 0.4) is 0 Å². The minimum atomic E-state index is -0.201. The molecule has 4 heteroatoms. The summed E-state index contributed by atoms with van der Waals surface area (Å²) in [5.74, 6) is -0.291. The van der Waals surface area contributed by atoms with Crippen molar-refractivity contribution in [2.45, 2.75) is 13.8 Å². The van der Waals surface area contributed by atoms with E-state index in [2.05, 4.69) is 5.10 Å². The fourth-order valence-corrected chi connectivity index (χ4v) is 1.76. The summed E-state index contributed by atoms with van der Waals surface area (Å²) in [5, 5.41) is 13.8. The Balaban J connectivity index is 2.47. The third-order valence-corrected chi connectivity index (χ3v) is 2.73. The summed E-state index contributed by atoms with van der Waals surface area (Å²) >= 11 is 0. The summed E-state index contributed by atoms with van der Waals surface area (Å²) in [7, 11) is 1.61. The first-order valence-electron chi connectivity index (χ1n) is 5.34. The first kappa shape index (κ1) is 11.4. The predicted molar refractivity (Wildman–Crippen MR) is 64.2 cm³/mol. The number of rotatable bonds is 2.